The molecule has 1 saturated carbocycles. The summed E-state index contributed by atoms with van der Waals surface area (Å²) in [7, 11) is 0. The van der Waals surface area contributed by atoms with Crippen molar-refractivity contribution in [3.8, 4) is 0 Å². The van der Waals surface area contributed by atoms with Gasteiger partial charge in [0.1, 0.15) is 0 Å². The van der Waals surface area contributed by atoms with E-state index in [1.165, 1.54) is 30.4 Å². The quantitative estimate of drug-likeness (QED) is 0.912. The third-order valence-corrected chi connectivity index (χ3v) is 5.09. The van der Waals surface area contributed by atoms with E-state index in [0.717, 1.165) is 37.1 Å². The van der Waals surface area contributed by atoms with Gasteiger partial charge in [-0.2, -0.15) is 0 Å². The maximum atomic E-state index is 6.33. The van der Waals surface area contributed by atoms with Crippen molar-refractivity contribution in [1.29, 1.82) is 0 Å². The summed E-state index contributed by atoms with van der Waals surface area (Å²) in [6, 6.07) is 7.23. The molecule has 0 radical (unpaired) electrons. The van der Waals surface area contributed by atoms with Gasteiger partial charge in [-0.3, -0.25) is 4.90 Å². The zero-order valence-corrected chi connectivity index (χ0v) is 12.4. The van der Waals surface area contributed by atoms with Gasteiger partial charge in [0.15, 0.2) is 0 Å². The van der Waals surface area contributed by atoms with Crippen molar-refractivity contribution in [2.45, 2.75) is 32.2 Å². The third-order valence-electron chi connectivity index (χ3n) is 4.68. The summed E-state index contributed by atoms with van der Waals surface area (Å²) in [5, 5.41) is 4.36. The fraction of sp³-hybridized carbons (Fsp3) is 0.625. The summed E-state index contributed by atoms with van der Waals surface area (Å²) in [5.74, 6) is 0.830. The Morgan fingerprint density at radius 3 is 2.58 bits per heavy atom. The highest BCUT2D eigenvalue weighted by atomic mass is 35.5. The third kappa shape index (κ3) is 2.81. The molecular weight excluding hydrogens is 256 g/mol. The van der Waals surface area contributed by atoms with E-state index in [1.807, 2.05) is 0 Å². The SMILES string of the molecule is Cc1ccc([C@@H](C2CCC2)N2CCNCC2)cc1Cl. The second kappa shape index (κ2) is 5.82. The van der Waals surface area contributed by atoms with Crippen molar-refractivity contribution < 1.29 is 0 Å². The molecule has 1 aliphatic carbocycles. The summed E-state index contributed by atoms with van der Waals surface area (Å²) >= 11 is 6.33. The van der Waals surface area contributed by atoms with Gasteiger partial charge >= 0.3 is 0 Å². The molecule has 2 nitrogen and oxygen atoms in total. The molecule has 104 valence electrons. The van der Waals surface area contributed by atoms with Crippen LogP contribution >= 0.6 is 11.6 Å². The molecule has 3 rings (SSSR count). The highest BCUT2D eigenvalue weighted by molar-refractivity contribution is 6.31. The summed E-state index contributed by atoms with van der Waals surface area (Å²) in [4.78, 5) is 2.65. The van der Waals surface area contributed by atoms with Crippen LogP contribution in [0.15, 0.2) is 18.2 Å². The van der Waals surface area contributed by atoms with Crippen molar-refractivity contribution in [2.24, 2.45) is 5.92 Å². The Hall–Kier alpha value is -0.570. The maximum absolute atomic E-state index is 6.33. The molecule has 0 spiro atoms. The van der Waals surface area contributed by atoms with Crippen LogP contribution in [0.1, 0.15) is 36.4 Å². The molecule has 1 saturated heterocycles. The van der Waals surface area contributed by atoms with E-state index in [0.29, 0.717) is 6.04 Å². The smallest absolute Gasteiger partial charge is 0.0438 e. The van der Waals surface area contributed by atoms with Crippen LogP contribution in [0.2, 0.25) is 5.02 Å². The molecule has 0 amide bonds. The molecule has 1 aromatic rings. The Kier molecular flexibility index (Phi) is 4.11. The zero-order chi connectivity index (χ0) is 13.2. The minimum Gasteiger partial charge on any atom is -0.314 e. The van der Waals surface area contributed by atoms with Crippen LogP contribution in [0.3, 0.4) is 0 Å². The van der Waals surface area contributed by atoms with E-state index < -0.39 is 0 Å². The highest BCUT2D eigenvalue weighted by Crippen LogP contribution is 2.42. The Morgan fingerprint density at radius 1 is 1.26 bits per heavy atom. The lowest BCUT2D eigenvalue weighted by atomic mass is 9.76. The van der Waals surface area contributed by atoms with E-state index >= 15 is 0 Å². The van der Waals surface area contributed by atoms with Gasteiger partial charge in [0.05, 0.1) is 0 Å². The average Bonchev–Trinajstić information content (AvgIpc) is 2.38. The van der Waals surface area contributed by atoms with Crippen molar-refractivity contribution in [2.75, 3.05) is 26.2 Å². The molecule has 2 fully saturated rings. The predicted octanol–water partition coefficient (Wildman–Crippen LogP) is 3.39. The van der Waals surface area contributed by atoms with E-state index in [1.54, 1.807) is 0 Å². The lowest BCUT2D eigenvalue weighted by molar-refractivity contribution is 0.0837. The van der Waals surface area contributed by atoms with Crippen molar-refractivity contribution in [1.82, 2.24) is 10.2 Å². The van der Waals surface area contributed by atoms with Crippen molar-refractivity contribution in [3.05, 3.63) is 34.3 Å². The molecule has 3 heteroatoms. The second-order valence-corrected chi connectivity index (χ2v) is 6.34. The number of nitrogens with zero attached hydrogens (tertiary/aromatic N) is 1. The summed E-state index contributed by atoms with van der Waals surface area (Å²) in [6.45, 7) is 6.63. The zero-order valence-electron chi connectivity index (χ0n) is 11.7. The van der Waals surface area contributed by atoms with Gasteiger partial charge in [0.25, 0.3) is 0 Å². The molecule has 0 aromatic heterocycles. The van der Waals surface area contributed by atoms with Crippen LogP contribution in [0, 0.1) is 12.8 Å². The number of benzene rings is 1. The number of hydrogen-bond donors (Lipinski definition) is 1. The first-order valence-electron chi connectivity index (χ1n) is 7.46. The Bertz CT molecular complexity index is 436. The lowest BCUT2D eigenvalue weighted by Gasteiger charge is -2.43. The first kappa shape index (κ1) is 13.4. The summed E-state index contributed by atoms with van der Waals surface area (Å²) < 4.78 is 0. The molecule has 1 heterocycles. The minimum atomic E-state index is 0.578. The van der Waals surface area contributed by atoms with Gasteiger partial charge < -0.3 is 5.32 Å². The van der Waals surface area contributed by atoms with Crippen molar-refractivity contribution >= 4 is 11.6 Å². The molecule has 1 aliphatic heterocycles. The molecule has 0 unspecified atom stereocenters. The second-order valence-electron chi connectivity index (χ2n) is 5.93. The first-order valence-corrected chi connectivity index (χ1v) is 7.84. The number of piperazine rings is 1. The van der Waals surface area contributed by atoms with Crippen LogP contribution in [0.25, 0.3) is 0 Å². The molecule has 1 N–H and O–H groups in total. The first-order chi connectivity index (χ1) is 9.25. The van der Waals surface area contributed by atoms with Gasteiger partial charge in [-0.1, -0.05) is 30.2 Å². The standard InChI is InChI=1S/C16H23ClN2/c1-12-5-6-14(11-15(12)17)16(13-3-2-4-13)19-9-7-18-8-10-19/h5-6,11,13,16,18H,2-4,7-10H2,1H3/t16-/m1/s1. The van der Waals surface area contributed by atoms with E-state index in [2.05, 4.69) is 35.3 Å². The summed E-state index contributed by atoms with van der Waals surface area (Å²) in [6.07, 6.45) is 4.15. The van der Waals surface area contributed by atoms with Crippen molar-refractivity contribution in [3.63, 3.8) is 0 Å². The van der Waals surface area contributed by atoms with Crippen LogP contribution in [0.4, 0.5) is 0 Å². The number of nitrogens with one attached hydrogen (secondary N) is 1. The predicted molar refractivity (Wildman–Crippen MR) is 80.7 cm³/mol. The van der Waals surface area contributed by atoms with E-state index in [-0.39, 0.29) is 0 Å². The van der Waals surface area contributed by atoms with Crippen LogP contribution in [-0.4, -0.2) is 31.1 Å². The normalized spacial score (nSPS) is 23.1. The van der Waals surface area contributed by atoms with Crippen LogP contribution in [-0.2, 0) is 0 Å². The van der Waals surface area contributed by atoms with Gasteiger partial charge in [0.2, 0.25) is 0 Å². The molecule has 1 aromatic carbocycles. The molecule has 0 bridgehead atoms. The lowest BCUT2D eigenvalue weighted by Crippen LogP contribution is -2.47. The highest BCUT2D eigenvalue weighted by Gasteiger charge is 2.33. The molecule has 2 aliphatic rings. The number of aryl methyl sites for hydroxylation is 1. The van der Waals surface area contributed by atoms with Gasteiger partial charge in [0, 0.05) is 37.2 Å². The molecule has 1 atom stereocenters. The largest absolute Gasteiger partial charge is 0.314 e. The van der Waals surface area contributed by atoms with E-state index in [9.17, 15) is 0 Å². The van der Waals surface area contributed by atoms with Crippen LogP contribution in [0.5, 0.6) is 0 Å². The Morgan fingerprint density at radius 2 is 2.00 bits per heavy atom. The average molecular weight is 279 g/mol. The number of halogens is 1. The monoisotopic (exact) mass is 278 g/mol. The van der Waals surface area contributed by atoms with Gasteiger partial charge in [-0.25, -0.2) is 0 Å². The topological polar surface area (TPSA) is 15.3 Å². The Labute approximate surface area is 121 Å². The summed E-state index contributed by atoms with van der Waals surface area (Å²) in [5.41, 5.74) is 2.60. The Balaban J connectivity index is 1.86. The maximum Gasteiger partial charge on any atom is 0.0438 e. The number of hydrogen-bond acceptors (Lipinski definition) is 2. The fourth-order valence-corrected chi connectivity index (χ4v) is 3.48. The van der Waals surface area contributed by atoms with Gasteiger partial charge in [-0.15, -0.1) is 0 Å². The van der Waals surface area contributed by atoms with E-state index in [4.69, 9.17) is 11.6 Å². The van der Waals surface area contributed by atoms with Gasteiger partial charge in [-0.05, 0) is 42.9 Å². The fourth-order valence-electron chi connectivity index (χ4n) is 3.29. The van der Waals surface area contributed by atoms with Crippen LogP contribution < -0.4 is 5.32 Å². The molecule has 19 heavy (non-hydrogen) atoms. The minimum absolute atomic E-state index is 0.578. The number of rotatable bonds is 3. The molecular formula is C16H23ClN2.